The SMILES string of the molecule is CC1CC(NC(=O)c2ncccc2C#CCO)C1. The van der Waals surface area contributed by atoms with Gasteiger partial charge in [-0.2, -0.15) is 0 Å². The lowest BCUT2D eigenvalue weighted by Gasteiger charge is -2.33. The molecule has 0 spiro atoms. The Morgan fingerprint density at radius 3 is 3.06 bits per heavy atom. The number of aliphatic hydroxyl groups excluding tert-OH is 1. The zero-order valence-electron chi connectivity index (χ0n) is 10.3. The van der Waals surface area contributed by atoms with Gasteiger partial charge in [-0.25, -0.2) is 4.98 Å². The lowest BCUT2D eigenvalue weighted by molar-refractivity contribution is 0.0890. The number of carbonyl (C=O) groups is 1. The van der Waals surface area contributed by atoms with E-state index >= 15 is 0 Å². The maximum Gasteiger partial charge on any atom is 0.271 e. The zero-order valence-corrected chi connectivity index (χ0v) is 10.3. The van der Waals surface area contributed by atoms with E-state index in [0.717, 1.165) is 12.8 Å². The van der Waals surface area contributed by atoms with Crippen LogP contribution in [-0.2, 0) is 0 Å². The number of carbonyl (C=O) groups excluding carboxylic acids is 1. The second-order valence-electron chi connectivity index (χ2n) is 4.61. The van der Waals surface area contributed by atoms with Gasteiger partial charge in [0.15, 0.2) is 0 Å². The summed E-state index contributed by atoms with van der Waals surface area (Å²) in [6, 6.07) is 3.71. The number of amides is 1. The number of aromatic nitrogens is 1. The van der Waals surface area contributed by atoms with Gasteiger partial charge >= 0.3 is 0 Å². The van der Waals surface area contributed by atoms with Gasteiger partial charge in [-0.3, -0.25) is 4.79 Å². The first kappa shape index (κ1) is 12.6. The van der Waals surface area contributed by atoms with Crippen LogP contribution in [0.2, 0.25) is 0 Å². The van der Waals surface area contributed by atoms with E-state index in [2.05, 4.69) is 29.1 Å². The van der Waals surface area contributed by atoms with Crippen molar-refractivity contribution < 1.29 is 9.90 Å². The number of nitrogens with one attached hydrogen (secondary N) is 1. The molecule has 1 aliphatic carbocycles. The van der Waals surface area contributed by atoms with Crippen molar-refractivity contribution in [3.63, 3.8) is 0 Å². The van der Waals surface area contributed by atoms with E-state index in [4.69, 9.17) is 5.11 Å². The van der Waals surface area contributed by atoms with Gasteiger partial charge in [-0.1, -0.05) is 18.8 Å². The molecule has 1 aliphatic rings. The Labute approximate surface area is 106 Å². The Kier molecular flexibility index (Phi) is 3.96. The van der Waals surface area contributed by atoms with Gasteiger partial charge in [-0.05, 0) is 30.9 Å². The fourth-order valence-electron chi connectivity index (χ4n) is 2.10. The van der Waals surface area contributed by atoms with Crippen molar-refractivity contribution in [2.24, 2.45) is 5.92 Å². The van der Waals surface area contributed by atoms with Crippen LogP contribution < -0.4 is 5.32 Å². The molecule has 1 aromatic rings. The minimum atomic E-state index is -0.226. The molecule has 0 aliphatic heterocycles. The van der Waals surface area contributed by atoms with Gasteiger partial charge in [-0.15, -0.1) is 0 Å². The monoisotopic (exact) mass is 244 g/mol. The molecule has 0 saturated heterocycles. The van der Waals surface area contributed by atoms with Crippen molar-refractivity contribution >= 4 is 5.91 Å². The summed E-state index contributed by atoms with van der Waals surface area (Å²) < 4.78 is 0. The van der Waals surface area contributed by atoms with E-state index in [1.807, 2.05) is 0 Å². The largest absolute Gasteiger partial charge is 0.384 e. The maximum atomic E-state index is 12.0. The molecule has 1 saturated carbocycles. The number of aliphatic hydroxyl groups is 1. The lowest BCUT2D eigenvalue weighted by atomic mass is 9.82. The molecule has 94 valence electrons. The second kappa shape index (κ2) is 5.65. The summed E-state index contributed by atoms with van der Waals surface area (Å²) in [5.74, 6) is 5.77. The smallest absolute Gasteiger partial charge is 0.271 e. The molecule has 0 bridgehead atoms. The lowest BCUT2D eigenvalue weighted by Crippen LogP contribution is -2.43. The van der Waals surface area contributed by atoms with E-state index < -0.39 is 0 Å². The van der Waals surface area contributed by atoms with Crippen molar-refractivity contribution in [2.75, 3.05) is 6.61 Å². The molecule has 4 nitrogen and oxygen atoms in total. The Hall–Kier alpha value is -1.86. The summed E-state index contributed by atoms with van der Waals surface area (Å²) in [5.41, 5.74) is 0.884. The molecule has 4 heteroatoms. The zero-order chi connectivity index (χ0) is 13.0. The Bertz CT molecular complexity index is 496. The van der Waals surface area contributed by atoms with E-state index in [1.54, 1.807) is 18.3 Å². The molecule has 1 aromatic heterocycles. The molecule has 2 N–H and O–H groups in total. The van der Waals surface area contributed by atoms with Crippen LogP contribution in [0.1, 0.15) is 35.8 Å². The summed E-state index contributed by atoms with van der Waals surface area (Å²) in [6.07, 6.45) is 3.62. The molecule has 18 heavy (non-hydrogen) atoms. The van der Waals surface area contributed by atoms with Crippen LogP contribution in [0.4, 0.5) is 0 Å². The predicted octanol–water partition coefficient (Wildman–Crippen LogP) is 0.954. The van der Waals surface area contributed by atoms with Crippen LogP contribution >= 0.6 is 0 Å². The molecular formula is C14H16N2O2. The van der Waals surface area contributed by atoms with Crippen LogP contribution in [0.3, 0.4) is 0 Å². The van der Waals surface area contributed by atoms with Gasteiger partial charge in [0.2, 0.25) is 0 Å². The molecule has 0 radical (unpaired) electrons. The molecule has 2 rings (SSSR count). The summed E-state index contributed by atoms with van der Waals surface area (Å²) >= 11 is 0. The van der Waals surface area contributed by atoms with Crippen molar-refractivity contribution in [3.8, 4) is 11.8 Å². The minimum absolute atomic E-state index is 0.185. The van der Waals surface area contributed by atoms with Crippen molar-refractivity contribution in [3.05, 3.63) is 29.6 Å². The minimum Gasteiger partial charge on any atom is -0.384 e. The first-order valence-corrected chi connectivity index (χ1v) is 6.06. The molecular weight excluding hydrogens is 228 g/mol. The third-order valence-corrected chi connectivity index (χ3v) is 3.03. The topological polar surface area (TPSA) is 62.2 Å². The third-order valence-electron chi connectivity index (χ3n) is 3.03. The normalized spacial score (nSPS) is 21.4. The average Bonchev–Trinajstić information content (AvgIpc) is 2.34. The number of pyridine rings is 1. The Morgan fingerprint density at radius 2 is 2.39 bits per heavy atom. The van der Waals surface area contributed by atoms with Crippen LogP contribution in [-0.4, -0.2) is 28.6 Å². The quantitative estimate of drug-likeness (QED) is 0.761. The van der Waals surface area contributed by atoms with E-state index in [1.165, 1.54) is 0 Å². The Morgan fingerprint density at radius 1 is 1.61 bits per heavy atom. The Balaban J connectivity index is 2.09. The number of nitrogens with zero attached hydrogens (tertiary/aromatic N) is 1. The fourth-order valence-corrected chi connectivity index (χ4v) is 2.10. The van der Waals surface area contributed by atoms with Crippen molar-refractivity contribution in [2.45, 2.75) is 25.8 Å². The number of rotatable bonds is 2. The highest BCUT2D eigenvalue weighted by atomic mass is 16.2. The molecule has 1 amide bonds. The number of hydrogen-bond donors (Lipinski definition) is 2. The van der Waals surface area contributed by atoms with Crippen LogP contribution in [0.15, 0.2) is 18.3 Å². The molecule has 0 aromatic carbocycles. The maximum absolute atomic E-state index is 12.0. The summed E-state index contributed by atoms with van der Waals surface area (Å²) in [7, 11) is 0. The molecule has 0 unspecified atom stereocenters. The standard InChI is InChI=1S/C14H16N2O2/c1-10-8-12(9-10)16-14(18)13-11(5-3-7-17)4-2-6-15-13/h2,4,6,10,12,17H,7-9H2,1H3,(H,16,18). The van der Waals surface area contributed by atoms with Gasteiger partial charge in [0.25, 0.3) is 5.91 Å². The van der Waals surface area contributed by atoms with Crippen LogP contribution in [0.25, 0.3) is 0 Å². The van der Waals surface area contributed by atoms with Crippen LogP contribution in [0, 0.1) is 17.8 Å². The predicted molar refractivity (Wildman–Crippen MR) is 67.9 cm³/mol. The van der Waals surface area contributed by atoms with Gasteiger partial charge in [0, 0.05) is 12.2 Å². The average molecular weight is 244 g/mol. The number of hydrogen-bond acceptors (Lipinski definition) is 3. The third kappa shape index (κ3) is 2.88. The van der Waals surface area contributed by atoms with E-state index in [0.29, 0.717) is 17.2 Å². The van der Waals surface area contributed by atoms with Gasteiger partial charge in [0.1, 0.15) is 12.3 Å². The van der Waals surface area contributed by atoms with E-state index in [-0.39, 0.29) is 18.6 Å². The van der Waals surface area contributed by atoms with Gasteiger partial charge in [0.05, 0.1) is 5.56 Å². The van der Waals surface area contributed by atoms with E-state index in [9.17, 15) is 4.79 Å². The summed E-state index contributed by atoms with van der Waals surface area (Å²) in [5, 5.41) is 11.6. The summed E-state index contributed by atoms with van der Waals surface area (Å²) in [6.45, 7) is 1.94. The van der Waals surface area contributed by atoms with Gasteiger partial charge < -0.3 is 10.4 Å². The highest BCUT2D eigenvalue weighted by Crippen LogP contribution is 2.26. The van der Waals surface area contributed by atoms with Crippen molar-refractivity contribution in [1.29, 1.82) is 0 Å². The second-order valence-corrected chi connectivity index (χ2v) is 4.61. The molecule has 1 fully saturated rings. The van der Waals surface area contributed by atoms with Crippen LogP contribution in [0.5, 0.6) is 0 Å². The first-order valence-electron chi connectivity index (χ1n) is 6.06. The molecule has 1 heterocycles. The highest BCUT2D eigenvalue weighted by molar-refractivity contribution is 5.95. The highest BCUT2D eigenvalue weighted by Gasteiger charge is 2.27. The molecule has 0 atom stereocenters. The van der Waals surface area contributed by atoms with Crippen molar-refractivity contribution in [1.82, 2.24) is 10.3 Å². The summed E-state index contributed by atoms with van der Waals surface area (Å²) in [4.78, 5) is 16.1. The first-order chi connectivity index (χ1) is 8.70. The fraction of sp³-hybridized carbons (Fsp3) is 0.429.